The van der Waals surface area contributed by atoms with Crippen LogP contribution in [0.1, 0.15) is 40.0 Å². The Balaban J connectivity index is 3.84. The largest absolute Gasteiger partial charge is 0.481 e. The maximum atomic E-state index is 11.2. The lowest BCUT2D eigenvalue weighted by atomic mass is 10.3. The van der Waals surface area contributed by atoms with Crippen molar-refractivity contribution in [1.29, 1.82) is 0 Å². The van der Waals surface area contributed by atoms with Crippen molar-refractivity contribution in [2.45, 2.75) is 45.6 Å². The van der Waals surface area contributed by atoms with E-state index in [1.807, 2.05) is 20.8 Å². The van der Waals surface area contributed by atoms with Gasteiger partial charge in [-0.3, -0.25) is 9.59 Å². The lowest BCUT2D eigenvalue weighted by Gasteiger charge is -2.21. The summed E-state index contributed by atoms with van der Waals surface area (Å²) in [6, 6.07) is 0. The van der Waals surface area contributed by atoms with Crippen molar-refractivity contribution in [1.82, 2.24) is 0 Å². The fourth-order valence-electron chi connectivity index (χ4n) is 1.48. The third kappa shape index (κ3) is 9.63. The lowest BCUT2D eigenvalue weighted by Crippen LogP contribution is -2.28. The first-order valence-electron chi connectivity index (χ1n) is 6.61. The van der Waals surface area contributed by atoms with Crippen LogP contribution in [0.15, 0.2) is 0 Å². The maximum Gasteiger partial charge on any atom is 0.324 e. The van der Waals surface area contributed by atoms with Gasteiger partial charge in [-0.2, -0.15) is 0 Å². The van der Waals surface area contributed by atoms with E-state index in [2.05, 4.69) is 0 Å². The second-order valence-corrected chi connectivity index (χ2v) is 6.70. The molecule has 7 heteroatoms. The molecule has 0 aliphatic rings. The minimum absolute atomic E-state index is 0.0819. The molecule has 0 saturated carbocycles. The summed E-state index contributed by atoms with van der Waals surface area (Å²) in [4.78, 5) is 21.5. The Morgan fingerprint density at radius 3 is 2.21 bits per heavy atom. The van der Waals surface area contributed by atoms with E-state index in [1.54, 1.807) is 0 Å². The van der Waals surface area contributed by atoms with Crippen molar-refractivity contribution in [2.75, 3.05) is 19.8 Å². The molecule has 0 spiro atoms. The lowest BCUT2D eigenvalue weighted by molar-refractivity contribution is -0.147. The number of hydrogen-bond donors (Lipinski definition) is 1. The molecule has 0 aromatic carbocycles. The van der Waals surface area contributed by atoms with E-state index >= 15 is 0 Å². The molecule has 0 aliphatic carbocycles. The summed E-state index contributed by atoms with van der Waals surface area (Å²) in [5.41, 5.74) is 0.243. The van der Waals surface area contributed by atoms with Gasteiger partial charge in [0.2, 0.25) is 0 Å². The molecule has 1 unspecified atom stereocenters. The molecule has 1 N–H and O–H groups in total. The number of esters is 1. The number of rotatable bonds is 11. The van der Waals surface area contributed by atoms with Crippen LogP contribution in [-0.2, 0) is 23.2 Å². The van der Waals surface area contributed by atoms with E-state index in [9.17, 15) is 9.59 Å². The molecule has 0 heterocycles. The van der Waals surface area contributed by atoms with Gasteiger partial charge >= 0.3 is 21.2 Å². The van der Waals surface area contributed by atoms with Crippen LogP contribution in [0.3, 0.4) is 0 Å². The number of carbonyl (C=O) groups excluding carboxylic acids is 1. The number of carboxylic acids is 1. The van der Waals surface area contributed by atoms with Crippen LogP contribution in [0.2, 0.25) is 5.54 Å². The van der Waals surface area contributed by atoms with E-state index in [-0.39, 0.29) is 25.0 Å². The Kier molecular flexibility index (Phi) is 10.4. The third-order valence-electron chi connectivity index (χ3n) is 2.51. The van der Waals surface area contributed by atoms with Gasteiger partial charge in [-0.1, -0.05) is 6.92 Å². The van der Waals surface area contributed by atoms with E-state index in [1.165, 1.54) is 0 Å². The van der Waals surface area contributed by atoms with Gasteiger partial charge in [-0.05, 0) is 20.3 Å². The fourth-order valence-corrected chi connectivity index (χ4v) is 3.30. The molecule has 19 heavy (non-hydrogen) atoms. The van der Waals surface area contributed by atoms with Crippen molar-refractivity contribution >= 4 is 21.2 Å². The number of ether oxygens (including phenoxy) is 1. The number of hydrogen-bond acceptors (Lipinski definition) is 5. The smallest absolute Gasteiger partial charge is 0.324 e. The predicted molar refractivity (Wildman–Crippen MR) is 72.3 cm³/mol. The van der Waals surface area contributed by atoms with Gasteiger partial charge in [0.1, 0.15) is 0 Å². The first kappa shape index (κ1) is 18.1. The Morgan fingerprint density at radius 2 is 1.74 bits per heavy atom. The zero-order valence-corrected chi connectivity index (χ0v) is 13.0. The first-order valence-corrected chi connectivity index (χ1v) is 8.22. The summed E-state index contributed by atoms with van der Waals surface area (Å²) in [5, 5.41) is 8.43. The highest BCUT2D eigenvalue weighted by atomic mass is 28.3. The zero-order valence-electron chi connectivity index (χ0n) is 11.9. The number of aliphatic carboxylic acids is 1. The van der Waals surface area contributed by atoms with E-state index in [4.69, 9.17) is 18.7 Å². The molecule has 0 bridgehead atoms. The fraction of sp³-hybridized carbons (Fsp3) is 0.833. The molecular formula is C12H24O6Si. The summed E-state index contributed by atoms with van der Waals surface area (Å²) in [7, 11) is -1.71. The Hall–Kier alpha value is -0.923. The van der Waals surface area contributed by atoms with Crippen molar-refractivity contribution < 1.29 is 28.3 Å². The van der Waals surface area contributed by atoms with Crippen LogP contribution in [0.25, 0.3) is 0 Å². The molecule has 0 fully saturated rings. The van der Waals surface area contributed by atoms with Gasteiger partial charge in [0, 0.05) is 18.8 Å². The quantitative estimate of drug-likeness (QED) is 0.459. The summed E-state index contributed by atoms with van der Waals surface area (Å²) < 4.78 is 16.1. The van der Waals surface area contributed by atoms with Crippen LogP contribution < -0.4 is 0 Å². The molecule has 0 saturated heterocycles. The molecule has 0 aromatic heterocycles. The molecule has 112 valence electrons. The minimum atomic E-state index is -1.71. The Morgan fingerprint density at radius 1 is 1.16 bits per heavy atom. The molecule has 0 aromatic rings. The maximum absolute atomic E-state index is 11.2. The highest BCUT2D eigenvalue weighted by Gasteiger charge is 2.21. The van der Waals surface area contributed by atoms with Gasteiger partial charge < -0.3 is 18.7 Å². The molecule has 0 amide bonds. The van der Waals surface area contributed by atoms with E-state index < -0.39 is 21.2 Å². The van der Waals surface area contributed by atoms with Crippen molar-refractivity contribution in [2.24, 2.45) is 0 Å². The average molecular weight is 292 g/mol. The zero-order chi connectivity index (χ0) is 14.7. The Bertz CT molecular complexity index is 265. The third-order valence-corrected chi connectivity index (χ3v) is 5.09. The van der Waals surface area contributed by atoms with Crippen molar-refractivity contribution in [3.63, 3.8) is 0 Å². The Labute approximate surface area is 115 Å². The predicted octanol–water partition coefficient (Wildman–Crippen LogP) is 1.47. The number of carboxylic acid groups (broad SMARTS) is 1. The summed E-state index contributed by atoms with van der Waals surface area (Å²) >= 11 is 0. The summed E-state index contributed by atoms with van der Waals surface area (Å²) in [6.45, 7) is 7.41. The molecule has 0 rings (SSSR count). The van der Waals surface area contributed by atoms with E-state index in [0.717, 1.165) is 0 Å². The van der Waals surface area contributed by atoms with Gasteiger partial charge in [0.25, 0.3) is 0 Å². The highest BCUT2D eigenvalue weighted by molar-refractivity contribution is 6.46. The van der Waals surface area contributed by atoms with Crippen LogP contribution in [0, 0.1) is 0 Å². The van der Waals surface area contributed by atoms with Crippen LogP contribution >= 0.6 is 0 Å². The normalized spacial score (nSPS) is 12.4. The number of carbonyl (C=O) groups is 2. The topological polar surface area (TPSA) is 82.1 Å². The molecular weight excluding hydrogens is 268 g/mol. The van der Waals surface area contributed by atoms with Crippen molar-refractivity contribution in [3.05, 3.63) is 0 Å². The van der Waals surface area contributed by atoms with Gasteiger partial charge in [-0.15, -0.1) is 0 Å². The molecule has 1 atom stereocenters. The molecule has 0 aliphatic heterocycles. The van der Waals surface area contributed by atoms with Gasteiger partial charge in [0.05, 0.1) is 19.4 Å². The van der Waals surface area contributed by atoms with Crippen LogP contribution in [-0.4, -0.2) is 46.1 Å². The standard InChI is InChI=1S/C12H24O6Si/c1-4-17-19(18-5-2)10(3)8-9-16-12(15)7-6-11(13)14/h10,19H,4-9H2,1-3H3,(H,13,14). The molecule has 0 radical (unpaired) electrons. The van der Waals surface area contributed by atoms with Crippen LogP contribution in [0.4, 0.5) is 0 Å². The van der Waals surface area contributed by atoms with Crippen LogP contribution in [0.5, 0.6) is 0 Å². The molecule has 6 nitrogen and oxygen atoms in total. The second-order valence-electron chi connectivity index (χ2n) is 4.16. The van der Waals surface area contributed by atoms with Gasteiger partial charge in [-0.25, -0.2) is 0 Å². The van der Waals surface area contributed by atoms with E-state index in [0.29, 0.717) is 19.6 Å². The first-order chi connectivity index (χ1) is 9.01. The SMILES string of the molecule is CCO[SiH](OCC)C(C)CCOC(=O)CCC(=O)O. The second kappa shape index (κ2) is 11.0. The van der Waals surface area contributed by atoms with Gasteiger partial charge in [0.15, 0.2) is 0 Å². The summed E-state index contributed by atoms with van der Waals surface area (Å²) in [5.74, 6) is -1.47. The minimum Gasteiger partial charge on any atom is -0.481 e. The summed E-state index contributed by atoms with van der Waals surface area (Å²) in [6.07, 6.45) is 0.404. The van der Waals surface area contributed by atoms with Crippen molar-refractivity contribution in [3.8, 4) is 0 Å². The highest BCUT2D eigenvalue weighted by Crippen LogP contribution is 2.16. The average Bonchev–Trinajstić information content (AvgIpc) is 2.36. The monoisotopic (exact) mass is 292 g/mol.